The first-order chi connectivity index (χ1) is 8.25. The normalized spacial score (nSPS) is 10.9. The molecule has 0 aliphatic rings. The minimum absolute atomic E-state index is 0.313. The zero-order valence-electron chi connectivity index (χ0n) is 8.84. The van der Waals surface area contributed by atoms with Gasteiger partial charge in [-0.1, -0.05) is 12.1 Å². The predicted octanol–water partition coefficient (Wildman–Crippen LogP) is 2.12. The number of hydrogen-bond acceptors (Lipinski definition) is 3. The molecule has 0 aliphatic heterocycles. The second kappa shape index (κ2) is 3.55. The van der Waals surface area contributed by atoms with Crippen LogP contribution in [0.2, 0.25) is 0 Å². The van der Waals surface area contributed by atoms with Gasteiger partial charge >= 0.3 is 0 Å². The van der Waals surface area contributed by atoms with E-state index in [1.165, 1.54) is 12.1 Å². The van der Waals surface area contributed by atoms with Crippen molar-refractivity contribution < 1.29 is 4.39 Å². The van der Waals surface area contributed by atoms with Crippen LogP contribution in [0.4, 0.5) is 10.1 Å². The van der Waals surface area contributed by atoms with Crippen LogP contribution in [0.15, 0.2) is 42.7 Å². The molecule has 0 unspecified atom stereocenters. The van der Waals surface area contributed by atoms with Crippen LogP contribution < -0.4 is 5.73 Å². The van der Waals surface area contributed by atoms with Crippen LogP contribution in [-0.4, -0.2) is 14.6 Å². The van der Waals surface area contributed by atoms with Crippen LogP contribution in [0.1, 0.15) is 0 Å². The maximum Gasteiger partial charge on any atom is 0.178 e. The Morgan fingerprint density at radius 1 is 1.24 bits per heavy atom. The summed E-state index contributed by atoms with van der Waals surface area (Å²) >= 11 is 0. The Kier molecular flexibility index (Phi) is 2.04. The molecule has 0 aliphatic carbocycles. The van der Waals surface area contributed by atoms with Crippen molar-refractivity contribution in [2.45, 2.75) is 0 Å². The van der Waals surface area contributed by atoms with Crippen molar-refractivity contribution in [3.63, 3.8) is 0 Å². The molecule has 3 rings (SSSR count). The molecule has 1 aromatic carbocycles. The van der Waals surface area contributed by atoms with E-state index in [-0.39, 0.29) is 5.82 Å². The van der Waals surface area contributed by atoms with Gasteiger partial charge in [-0.25, -0.2) is 13.9 Å². The molecule has 0 saturated heterocycles. The first-order valence-electron chi connectivity index (χ1n) is 5.10. The predicted molar refractivity (Wildman–Crippen MR) is 62.8 cm³/mol. The number of nitrogen functional groups attached to an aromatic ring is 1. The number of hydrogen-bond donors (Lipinski definition) is 1. The van der Waals surface area contributed by atoms with Gasteiger partial charge in [0.2, 0.25) is 0 Å². The summed E-state index contributed by atoms with van der Waals surface area (Å²) < 4.78 is 14.7. The van der Waals surface area contributed by atoms with Gasteiger partial charge in [0.05, 0.1) is 0 Å². The van der Waals surface area contributed by atoms with Crippen molar-refractivity contribution in [1.29, 1.82) is 0 Å². The minimum Gasteiger partial charge on any atom is -0.394 e. The summed E-state index contributed by atoms with van der Waals surface area (Å²) in [6.07, 6.45) is 3.39. The molecule has 5 heteroatoms. The van der Waals surface area contributed by atoms with E-state index in [1.807, 2.05) is 0 Å². The molecule has 2 N–H and O–H groups in total. The Morgan fingerprint density at radius 3 is 2.88 bits per heavy atom. The maximum atomic E-state index is 13.1. The molecule has 0 amide bonds. The average molecular weight is 228 g/mol. The number of fused-ring (bicyclic) bond motifs is 1. The Morgan fingerprint density at radius 2 is 2.12 bits per heavy atom. The number of nitrogens with zero attached hydrogens (tertiary/aromatic N) is 3. The van der Waals surface area contributed by atoms with Gasteiger partial charge in [0.25, 0.3) is 0 Å². The molecule has 0 radical (unpaired) electrons. The van der Waals surface area contributed by atoms with Crippen LogP contribution in [0, 0.1) is 5.82 Å². The lowest BCUT2D eigenvalue weighted by Gasteiger charge is -1.97. The van der Waals surface area contributed by atoms with Crippen LogP contribution in [0.25, 0.3) is 16.9 Å². The molecule has 0 atom stereocenters. The third-order valence-corrected chi connectivity index (χ3v) is 2.53. The largest absolute Gasteiger partial charge is 0.394 e. The van der Waals surface area contributed by atoms with Crippen molar-refractivity contribution in [3.05, 3.63) is 48.5 Å². The summed E-state index contributed by atoms with van der Waals surface area (Å²) in [6, 6.07) is 7.93. The Labute approximate surface area is 96.5 Å². The molecule has 4 nitrogen and oxygen atoms in total. The number of nitrogens with two attached hydrogens (primary N) is 1. The smallest absolute Gasteiger partial charge is 0.178 e. The van der Waals surface area contributed by atoms with Crippen LogP contribution in [-0.2, 0) is 0 Å². The zero-order chi connectivity index (χ0) is 11.8. The monoisotopic (exact) mass is 228 g/mol. The fourth-order valence-corrected chi connectivity index (χ4v) is 1.75. The van der Waals surface area contributed by atoms with E-state index in [4.69, 9.17) is 5.73 Å². The quantitative estimate of drug-likeness (QED) is 0.694. The summed E-state index contributed by atoms with van der Waals surface area (Å²) in [4.78, 5) is 4.13. The van der Waals surface area contributed by atoms with Gasteiger partial charge < -0.3 is 5.73 Å². The Bertz CT molecular complexity index is 690. The lowest BCUT2D eigenvalue weighted by Crippen LogP contribution is -1.89. The van der Waals surface area contributed by atoms with Crippen LogP contribution in [0.5, 0.6) is 0 Å². The summed E-state index contributed by atoms with van der Waals surface area (Å²) in [5.74, 6) is -0.313. The first-order valence-corrected chi connectivity index (χ1v) is 5.10. The standard InChI is InChI=1S/C12H9FN4/c13-9-4-1-3-8(7-9)11-10(14)12-15-5-2-6-17(12)16-11/h1-7H,14H2. The van der Waals surface area contributed by atoms with E-state index in [9.17, 15) is 4.39 Å². The Balaban J connectivity index is 2.27. The molecule has 0 spiro atoms. The topological polar surface area (TPSA) is 56.2 Å². The van der Waals surface area contributed by atoms with Crippen molar-refractivity contribution >= 4 is 11.3 Å². The number of benzene rings is 1. The molecule has 17 heavy (non-hydrogen) atoms. The molecule has 0 bridgehead atoms. The van der Waals surface area contributed by atoms with Crippen molar-refractivity contribution in [3.8, 4) is 11.3 Å². The fraction of sp³-hybridized carbons (Fsp3) is 0. The molecule has 3 aromatic rings. The highest BCUT2D eigenvalue weighted by Gasteiger charge is 2.12. The minimum atomic E-state index is -0.313. The van der Waals surface area contributed by atoms with Crippen molar-refractivity contribution in [2.75, 3.05) is 5.73 Å². The molecule has 2 aromatic heterocycles. The molecular weight excluding hydrogens is 219 g/mol. The van der Waals surface area contributed by atoms with Gasteiger partial charge in [0.15, 0.2) is 5.65 Å². The lowest BCUT2D eigenvalue weighted by atomic mass is 10.1. The number of halogens is 1. The zero-order valence-corrected chi connectivity index (χ0v) is 8.84. The lowest BCUT2D eigenvalue weighted by molar-refractivity contribution is 0.628. The SMILES string of the molecule is Nc1c(-c2cccc(F)c2)nn2cccnc12. The van der Waals surface area contributed by atoms with Gasteiger partial charge in [-0.2, -0.15) is 5.10 Å². The van der Waals surface area contributed by atoms with E-state index < -0.39 is 0 Å². The van der Waals surface area contributed by atoms with E-state index in [2.05, 4.69) is 10.1 Å². The van der Waals surface area contributed by atoms with Crippen LogP contribution in [0.3, 0.4) is 0 Å². The van der Waals surface area contributed by atoms with Gasteiger partial charge in [-0.3, -0.25) is 0 Å². The van der Waals surface area contributed by atoms with Gasteiger partial charge in [-0.05, 0) is 18.2 Å². The second-order valence-corrected chi connectivity index (χ2v) is 3.66. The summed E-state index contributed by atoms with van der Waals surface area (Å²) in [5.41, 5.74) is 8.17. The van der Waals surface area contributed by atoms with E-state index in [0.29, 0.717) is 22.6 Å². The third kappa shape index (κ3) is 1.52. The fourth-order valence-electron chi connectivity index (χ4n) is 1.75. The summed E-state index contributed by atoms with van der Waals surface area (Å²) in [6.45, 7) is 0. The average Bonchev–Trinajstić information content (AvgIpc) is 2.68. The molecule has 2 heterocycles. The number of rotatable bonds is 1. The molecule has 0 saturated carbocycles. The summed E-state index contributed by atoms with van der Waals surface area (Å²) in [5, 5.41) is 4.29. The van der Waals surface area contributed by atoms with E-state index in [0.717, 1.165) is 0 Å². The van der Waals surface area contributed by atoms with Gasteiger partial charge in [0.1, 0.15) is 17.2 Å². The molecular formula is C12H9FN4. The highest BCUT2D eigenvalue weighted by molar-refractivity contribution is 5.82. The van der Waals surface area contributed by atoms with Gasteiger partial charge in [0, 0.05) is 18.0 Å². The van der Waals surface area contributed by atoms with E-state index in [1.54, 1.807) is 35.1 Å². The second-order valence-electron chi connectivity index (χ2n) is 3.66. The maximum absolute atomic E-state index is 13.1. The van der Waals surface area contributed by atoms with Gasteiger partial charge in [-0.15, -0.1) is 0 Å². The summed E-state index contributed by atoms with van der Waals surface area (Å²) in [7, 11) is 0. The molecule has 84 valence electrons. The third-order valence-electron chi connectivity index (χ3n) is 2.53. The molecule has 0 fully saturated rings. The number of aromatic nitrogens is 3. The van der Waals surface area contributed by atoms with Crippen molar-refractivity contribution in [2.24, 2.45) is 0 Å². The van der Waals surface area contributed by atoms with Crippen LogP contribution >= 0.6 is 0 Å². The first kappa shape index (κ1) is 9.77. The van der Waals surface area contributed by atoms with Crippen molar-refractivity contribution in [1.82, 2.24) is 14.6 Å². The highest BCUT2D eigenvalue weighted by atomic mass is 19.1. The van der Waals surface area contributed by atoms with E-state index >= 15 is 0 Å². The highest BCUT2D eigenvalue weighted by Crippen LogP contribution is 2.27. The number of anilines is 1. The Hall–Kier alpha value is -2.43.